The fourth-order valence-electron chi connectivity index (χ4n) is 4.11. The average molecular weight is 467 g/mol. The van der Waals surface area contributed by atoms with E-state index in [9.17, 15) is 9.59 Å². The summed E-state index contributed by atoms with van der Waals surface area (Å²) in [5.74, 6) is -0.192. The second-order valence-corrected chi connectivity index (χ2v) is 8.82. The highest BCUT2D eigenvalue weighted by molar-refractivity contribution is 6.12. The van der Waals surface area contributed by atoms with Crippen molar-refractivity contribution in [3.05, 3.63) is 130 Å². The number of hydrogen-bond acceptors (Lipinski definition) is 3. The van der Waals surface area contributed by atoms with Crippen LogP contribution >= 0.6 is 0 Å². The van der Waals surface area contributed by atoms with E-state index in [1.165, 1.54) is 4.68 Å². The smallest absolute Gasteiger partial charge is 0.349 e. The Labute approximate surface area is 205 Å². The molecule has 0 spiro atoms. The predicted octanol–water partition coefficient (Wildman–Crippen LogP) is 4.57. The van der Waals surface area contributed by atoms with Crippen molar-refractivity contribution < 1.29 is 4.79 Å². The SMILES string of the molecule is Cc1cn(N=C(c2ccccc2)c2ccccc2)c(=O)n1[C@@H](Cc1ccccc1)C(=O)NC(C)C. The number of hydrogen-bond donors (Lipinski definition) is 1. The summed E-state index contributed by atoms with van der Waals surface area (Å²) in [6, 6.07) is 28.5. The van der Waals surface area contributed by atoms with Crippen LogP contribution in [0.4, 0.5) is 0 Å². The maximum Gasteiger partial charge on any atom is 0.349 e. The summed E-state index contributed by atoms with van der Waals surface area (Å²) >= 11 is 0. The molecule has 0 saturated heterocycles. The molecule has 35 heavy (non-hydrogen) atoms. The zero-order chi connectivity index (χ0) is 24.8. The van der Waals surface area contributed by atoms with E-state index in [1.54, 1.807) is 10.8 Å². The Morgan fingerprint density at radius 3 is 1.89 bits per heavy atom. The van der Waals surface area contributed by atoms with E-state index < -0.39 is 6.04 Å². The summed E-state index contributed by atoms with van der Waals surface area (Å²) in [5.41, 5.74) is 3.76. The predicted molar refractivity (Wildman–Crippen MR) is 140 cm³/mol. The molecule has 4 rings (SSSR count). The summed E-state index contributed by atoms with van der Waals surface area (Å²) < 4.78 is 2.88. The molecule has 0 aliphatic heterocycles. The van der Waals surface area contributed by atoms with Gasteiger partial charge >= 0.3 is 5.69 Å². The standard InChI is InChI=1S/C29H30N4O2/c1-21(2)30-28(34)26(19-23-13-7-4-8-14-23)33-22(3)20-32(29(33)35)31-27(24-15-9-5-10-16-24)25-17-11-6-12-18-25/h4-18,20-21,26H,19H2,1-3H3,(H,30,34)/t26-/m0/s1. The molecule has 1 aromatic heterocycles. The Hall–Kier alpha value is -4.19. The van der Waals surface area contributed by atoms with Gasteiger partial charge in [0.05, 0.1) is 11.9 Å². The molecule has 1 N–H and O–H groups in total. The van der Waals surface area contributed by atoms with Crippen LogP contribution < -0.4 is 11.0 Å². The number of benzene rings is 3. The number of carbonyl (C=O) groups is 1. The van der Waals surface area contributed by atoms with Crippen LogP contribution in [0.5, 0.6) is 0 Å². The number of carbonyl (C=O) groups excluding carboxylic acids is 1. The number of nitrogens with zero attached hydrogens (tertiary/aromatic N) is 3. The first-order valence-electron chi connectivity index (χ1n) is 11.8. The van der Waals surface area contributed by atoms with E-state index in [1.807, 2.05) is 112 Å². The van der Waals surface area contributed by atoms with Gasteiger partial charge in [0.25, 0.3) is 0 Å². The van der Waals surface area contributed by atoms with Gasteiger partial charge in [-0.2, -0.15) is 9.78 Å². The zero-order valence-electron chi connectivity index (χ0n) is 20.3. The molecule has 0 saturated carbocycles. The second kappa shape index (κ2) is 10.8. The first-order valence-corrected chi connectivity index (χ1v) is 11.8. The van der Waals surface area contributed by atoms with E-state index in [0.717, 1.165) is 16.7 Å². The van der Waals surface area contributed by atoms with Gasteiger partial charge in [-0.1, -0.05) is 91.0 Å². The van der Waals surface area contributed by atoms with Gasteiger partial charge in [-0.3, -0.25) is 9.36 Å². The normalized spacial score (nSPS) is 11.8. The first-order chi connectivity index (χ1) is 16.9. The van der Waals surface area contributed by atoms with Gasteiger partial charge in [-0.25, -0.2) is 4.79 Å². The van der Waals surface area contributed by atoms with Crippen LogP contribution in [0.25, 0.3) is 0 Å². The fourth-order valence-corrected chi connectivity index (χ4v) is 4.11. The second-order valence-electron chi connectivity index (χ2n) is 8.82. The maximum absolute atomic E-state index is 13.6. The molecule has 3 aromatic carbocycles. The molecule has 0 radical (unpaired) electrons. The Bertz CT molecular complexity index is 1310. The molecule has 0 aliphatic carbocycles. The topological polar surface area (TPSA) is 68.4 Å². The van der Waals surface area contributed by atoms with Gasteiger partial charge in [0.15, 0.2) is 0 Å². The lowest BCUT2D eigenvalue weighted by Crippen LogP contribution is -2.41. The number of rotatable bonds is 8. The monoisotopic (exact) mass is 466 g/mol. The van der Waals surface area contributed by atoms with Crippen molar-refractivity contribution in [3.8, 4) is 0 Å². The molecule has 1 amide bonds. The summed E-state index contributed by atoms with van der Waals surface area (Å²) in [6.07, 6.45) is 2.09. The van der Waals surface area contributed by atoms with Crippen LogP contribution in [0.3, 0.4) is 0 Å². The third-order valence-electron chi connectivity index (χ3n) is 5.71. The minimum Gasteiger partial charge on any atom is -0.352 e. The van der Waals surface area contributed by atoms with E-state index in [0.29, 0.717) is 17.8 Å². The molecule has 1 heterocycles. The Kier molecular flexibility index (Phi) is 7.41. The average Bonchev–Trinajstić information content (AvgIpc) is 3.14. The lowest BCUT2D eigenvalue weighted by atomic mass is 10.0. The van der Waals surface area contributed by atoms with Crippen LogP contribution in [0.15, 0.2) is 107 Å². The third kappa shape index (κ3) is 5.66. The van der Waals surface area contributed by atoms with Gasteiger partial charge in [0.1, 0.15) is 6.04 Å². The molecule has 4 aromatic rings. The summed E-state index contributed by atoms with van der Waals surface area (Å²) in [4.78, 5) is 26.9. The van der Waals surface area contributed by atoms with Gasteiger partial charge in [-0.15, -0.1) is 0 Å². The van der Waals surface area contributed by atoms with Gasteiger partial charge in [0.2, 0.25) is 5.91 Å². The number of aryl methyl sites for hydroxylation is 1. The van der Waals surface area contributed by atoms with Crippen LogP contribution in [-0.4, -0.2) is 26.9 Å². The molecular formula is C29H30N4O2. The van der Waals surface area contributed by atoms with E-state index in [-0.39, 0.29) is 17.6 Å². The molecule has 1 atom stereocenters. The third-order valence-corrected chi connectivity index (χ3v) is 5.71. The summed E-state index contributed by atoms with van der Waals surface area (Å²) in [7, 11) is 0. The van der Waals surface area contributed by atoms with Crippen molar-refractivity contribution in [2.24, 2.45) is 5.10 Å². The minimum absolute atomic E-state index is 0.0420. The number of nitrogens with one attached hydrogen (secondary N) is 1. The van der Waals surface area contributed by atoms with Crippen LogP contribution in [0, 0.1) is 6.92 Å². The molecule has 0 fully saturated rings. The van der Waals surface area contributed by atoms with Crippen molar-refractivity contribution >= 4 is 11.6 Å². The highest BCUT2D eigenvalue weighted by Crippen LogP contribution is 2.17. The van der Waals surface area contributed by atoms with Gasteiger partial charge in [0, 0.05) is 29.3 Å². The molecule has 0 aliphatic rings. The van der Waals surface area contributed by atoms with Gasteiger partial charge < -0.3 is 5.32 Å². The molecule has 6 heteroatoms. The minimum atomic E-state index is -0.694. The zero-order valence-corrected chi connectivity index (χ0v) is 20.3. The summed E-state index contributed by atoms with van der Waals surface area (Å²) in [5, 5.41) is 7.73. The van der Waals surface area contributed by atoms with Crippen molar-refractivity contribution in [1.82, 2.24) is 14.6 Å². The Balaban J connectivity index is 1.81. The highest BCUT2D eigenvalue weighted by atomic mass is 16.2. The largest absolute Gasteiger partial charge is 0.352 e. The van der Waals surface area contributed by atoms with Crippen molar-refractivity contribution in [1.29, 1.82) is 0 Å². The van der Waals surface area contributed by atoms with Crippen LogP contribution in [0.1, 0.15) is 42.3 Å². The lowest BCUT2D eigenvalue weighted by Gasteiger charge is -2.20. The van der Waals surface area contributed by atoms with Crippen LogP contribution in [-0.2, 0) is 11.2 Å². The molecule has 0 bridgehead atoms. The van der Waals surface area contributed by atoms with Crippen molar-refractivity contribution in [2.45, 2.75) is 39.3 Å². The molecule has 178 valence electrons. The van der Waals surface area contributed by atoms with E-state index >= 15 is 0 Å². The highest BCUT2D eigenvalue weighted by Gasteiger charge is 2.26. The summed E-state index contributed by atoms with van der Waals surface area (Å²) in [6.45, 7) is 5.65. The number of amides is 1. The maximum atomic E-state index is 13.6. The van der Waals surface area contributed by atoms with E-state index in [2.05, 4.69) is 5.32 Å². The molecule has 0 unspecified atom stereocenters. The van der Waals surface area contributed by atoms with E-state index in [4.69, 9.17) is 5.10 Å². The Morgan fingerprint density at radius 1 is 0.857 bits per heavy atom. The van der Waals surface area contributed by atoms with Crippen molar-refractivity contribution in [3.63, 3.8) is 0 Å². The molecular weight excluding hydrogens is 436 g/mol. The fraction of sp³-hybridized carbons (Fsp3) is 0.207. The van der Waals surface area contributed by atoms with Gasteiger partial charge in [-0.05, 0) is 26.3 Å². The van der Waals surface area contributed by atoms with Crippen LogP contribution in [0.2, 0.25) is 0 Å². The lowest BCUT2D eigenvalue weighted by molar-refractivity contribution is -0.125. The number of aromatic nitrogens is 2. The Morgan fingerprint density at radius 2 is 1.37 bits per heavy atom. The quantitative estimate of drug-likeness (QED) is 0.387. The molecule has 6 nitrogen and oxygen atoms in total. The number of imidazole rings is 1. The first kappa shape index (κ1) is 24.0. The van der Waals surface area contributed by atoms with Crippen molar-refractivity contribution in [2.75, 3.05) is 0 Å².